The van der Waals surface area contributed by atoms with Gasteiger partial charge in [-0.2, -0.15) is 23.3 Å². The van der Waals surface area contributed by atoms with Crippen LogP contribution in [0.2, 0.25) is 0 Å². The smallest absolute Gasteiger partial charge is 0.362 e. The maximum Gasteiger partial charge on any atom is 0.438 e. The summed E-state index contributed by atoms with van der Waals surface area (Å²) in [6, 6.07) is 5.80. The van der Waals surface area contributed by atoms with Gasteiger partial charge in [-0.25, -0.2) is 0 Å². The molecular weight excluding hydrogens is 365 g/mol. The Morgan fingerprint density at radius 2 is 1.91 bits per heavy atom. The van der Waals surface area contributed by atoms with E-state index in [1.54, 1.807) is 13.8 Å². The summed E-state index contributed by atoms with van der Waals surface area (Å²) in [4.78, 5) is 12.3. The number of hydrogen-bond acceptors (Lipinski definition) is 3. The van der Waals surface area contributed by atoms with Gasteiger partial charge in [0.1, 0.15) is 0 Å². The molecule has 1 atom stereocenters. The number of benzene rings is 1. The fraction of sp³-hybridized carbons (Fsp3) is 0.429. The Labute approximate surface area is 133 Å². The highest BCUT2D eigenvalue weighted by Gasteiger charge is 2.63. The van der Waals surface area contributed by atoms with Gasteiger partial charge in [0.15, 0.2) is 0 Å². The highest BCUT2D eigenvalue weighted by Crippen LogP contribution is 2.42. The van der Waals surface area contributed by atoms with Gasteiger partial charge in [-0.05, 0) is 30.2 Å². The van der Waals surface area contributed by atoms with Gasteiger partial charge in [0.2, 0.25) is 0 Å². The van der Waals surface area contributed by atoms with E-state index in [1.165, 1.54) is 24.3 Å². The quantitative estimate of drug-likeness (QED) is 0.855. The minimum atomic E-state index is -5.00. The first-order valence-electron chi connectivity index (χ1n) is 6.53. The number of carbonyl (C=O) groups is 1. The number of alkyl halides is 3. The summed E-state index contributed by atoms with van der Waals surface area (Å²) in [5.41, 5.74) is -3.17. The lowest BCUT2D eigenvalue weighted by molar-refractivity contribution is -0.297. The van der Waals surface area contributed by atoms with Crippen LogP contribution in [-0.2, 0) is 0 Å². The van der Waals surface area contributed by atoms with Crippen LogP contribution in [0, 0.1) is 5.92 Å². The SMILES string of the molecule is CC(C)C1=NN(C(=O)c2ccc(Br)cc2)[C@@](O)(C(F)(F)F)C1. The lowest BCUT2D eigenvalue weighted by Gasteiger charge is -2.32. The Morgan fingerprint density at radius 1 is 1.36 bits per heavy atom. The number of hydrazone groups is 1. The molecule has 0 saturated carbocycles. The Bertz CT molecular complexity index is 614. The van der Waals surface area contributed by atoms with Gasteiger partial charge >= 0.3 is 6.18 Å². The van der Waals surface area contributed by atoms with Gasteiger partial charge in [0.25, 0.3) is 11.6 Å². The first-order valence-corrected chi connectivity index (χ1v) is 7.32. The number of nitrogens with zero attached hydrogens (tertiary/aromatic N) is 2. The molecule has 1 aliphatic rings. The predicted octanol–water partition coefficient (Wildman–Crippen LogP) is 3.56. The fourth-order valence-corrected chi connectivity index (χ4v) is 2.31. The zero-order valence-corrected chi connectivity index (χ0v) is 13.4. The first kappa shape index (κ1) is 17.0. The van der Waals surface area contributed by atoms with Crippen molar-refractivity contribution < 1.29 is 23.1 Å². The second-order valence-corrected chi connectivity index (χ2v) is 6.28. The highest BCUT2D eigenvalue weighted by atomic mass is 79.9. The van der Waals surface area contributed by atoms with Crippen LogP contribution < -0.4 is 0 Å². The molecule has 1 amide bonds. The third kappa shape index (κ3) is 2.89. The number of carbonyl (C=O) groups excluding carboxylic acids is 1. The van der Waals surface area contributed by atoms with E-state index >= 15 is 0 Å². The first-order chi connectivity index (χ1) is 10.1. The third-order valence-corrected chi connectivity index (χ3v) is 3.94. The standard InChI is InChI=1S/C14H14BrF3N2O2/c1-8(2)11-7-13(22,14(16,17)18)20(19-11)12(21)9-3-5-10(15)6-4-9/h3-6,8,22H,7H2,1-2H3/t13-/m0/s1. The monoisotopic (exact) mass is 378 g/mol. The summed E-state index contributed by atoms with van der Waals surface area (Å²) in [7, 11) is 0. The topological polar surface area (TPSA) is 52.9 Å². The molecule has 120 valence electrons. The molecule has 0 spiro atoms. The molecule has 1 aromatic rings. The summed E-state index contributed by atoms with van der Waals surface area (Å²) in [6.45, 7) is 3.31. The van der Waals surface area contributed by atoms with Crippen molar-refractivity contribution in [1.82, 2.24) is 5.01 Å². The second-order valence-electron chi connectivity index (χ2n) is 5.36. The highest BCUT2D eigenvalue weighted by molar-refractivity contribution is 9.10. The van der Waals surface area contributed by atoms with E-state index in [0.29, 0.717) is 4.47 Å². The summed E-state index contributed by atoms with van der Waals surface area (Å²) in [5.74, 6) is -1.31. The van der Waals surface area contributed by atoms with E-state index in [9.17, 15) is 23.1 Å². The maximum atomic E-state index is 13.2. The molecule has 0 radical (unpaired) electrons. The van der Waals surface area contributed by atoms with Crippen molar-refractivity contribution in [2.24, 2.45) is 11.0 Å². The number of halogens is 4. The van der Waals surface area contributed by atoms with Crippen molar-refractivity contribution in [3.8, 4) is 0 Å². The molecule has 0 aliphatic carbocycles. The minimum Gasteiger partial charge on any atom is -0.362 e. The van der Waals surface area contributed by atoms with E-state index in [1.807, 2.05) is 0 Å². The predicted molar refractivity (Wildman–Crippen MR) is 78.2 cm³/mol. The number of aliphatic hydroxyl groups is 1. The van der Waals surface area contributed by atoms with Crippen LogP contribution in [0.3, 0.4) is 0 Å². The van der Waals surface area contributed by atoms with E-state index in [-0.39, 0.29) is 22.2 Å². The normalized spacial score (nSPS) is 22.2. The van der Waals surface area contributed by atoms with Crippen LogP contribution in [0.15, 0.2) is 33.8 Å². The molecule has 0 bridgehead atoms. The van der Waals surface area contributed by atoms with Gasteiger partial charge in [-0.15, -0.1) is 0 Å². The zero-order valence-electron chi connectivity index (χ0n) is 11.9. The second kappa shape index (κ2) is 5.66. The summed E-state index contributed by atoms with van der Waals surface area (Å²) < 4.78 is 40.4. The van der Waals surface area contributed by atoms with Gasteiger partial charge < -0.3 is 5.11 Å². The van der Waals surface area contributed by atoms with E-state index in [4.69, 9.17) is 0 Å². The maximum absolute atomic E-state index is 13.2. The molecule has 8 heteroatoms. The van der Waals surface area contributed by atoms with Crippen LogP contribution in [0.4, 0.5) is 13.2 Å². The molecule has 1 heterocycles. The van der Waals surface area contributed by atoms with Crippen molar-refractivity contribution in [1.29, 1.82) is 0 Å². The van der Waals surface area contributed by atoms with Crippen molar-refractivity contribution >= 4 is 27.5 Å². The lowest BCUT2D eigenvalue weighted by Crippen LogP contribution is -2.56. The summed E-state index contributed by atoms with van der Waals surface area (Å²) in [6.07, 6.45) is -5.74. The van der Waals surface area contributed by atoms with Crippen molar-refractivity contribution in [3.63, 3.8) is 0 Å². The molecule has 0 aromatic heterocycles. The van der Waals surface area contributed by atoms with Crippen LogP contribution in [0.5, 0.6) is 0 Å². The van der Waals surface area contributed by atoms with E-state index in [2.05, 4.69) is 21.0 Å². The lowest BCUT2D eigenvalue weighted by atomic mass is 9.99. The van der Waals surface area contributed by atoms with Crippen LogP contribution in [0.1, 0.15) is 30.6 Å². The van der Waals surface area contributed by atoms with Crippen molar-refractivity contribution in [3.05, 3.63) is 34.3 Å². The Kier molecular flexibility index (Phi) is 4.36. The fourth-order valence-electron chi connectivity index (χ4n) is 2.04. The van der Waals surface area contributed by atoms with Gasteiger partial charge in [-0.1, -0.05) is 29.8 Å². The third-order valence-electron chi connectivity index (χ3n) is 3.41. The van der Waals surface area contributed by atoms with Crippen LogP contribution >= 0.6 is 15.9 Å². The molecular formula is C14H14BrF3N2O2. The molecule has 0 unspecified atom stereocenters. The average Bonchev–Trinajstić information content (AvgIpc) is 2.78. The molecule has 1 aromatic carbocycles. The van der Waals surface area contributed by atoms with Gasteiger partial charge in [0.05, 0.1) is 0 Å². The van der Waals surface area contributed by atoms with E-state index < -0.39 is 24.2 Å². The number of hydrogen-bond donors (Lipinski definition) is 1. The Balaban J connectivity index is 2.43. The molecule has 22 heavy (non-hydrogen) atoms. The van der Waals surface area contributed by atoms with Crippen molar-refractivity contribution in [2.75, 3.05) is 0 Å². The molecule has 4 nitrogen and oxygen atoms in total. The summed E-state index contributed by atoms with van der Waals surface area (Å²) >= 11 is 3.18. The molecule has 0 saturated heterocycles. The van der Waals surface area contributed by atoms with E-state index in [0.717, 1.165) is 0 Å². The molecule has 1 N–H and O–H groups in total. The number of rotatable bonds is 2. The largest absolute Gasteiger partial charge is 0.438 e. The van der Waals surface area contributed by atoms with Gasteiger partial charge in [0, 0.05) is 22.2 Å². The molecule has 1 aliphatic heterocycles. The van der Waals surface area contributed by atoms with Crippen LogP contribution in [0.25, 0.3) is 0 Å². The molecule has 0 fully saturated rings. The number of amides is 1. The van der Waals surface area contributed by atoms with Crippen LogP contribution in [-0.4, -0.2) is 33.6 Å². The minimum absolute atomic E-state index is 0.0135. The Morgan fingerprint density at radius 3 is 2.36 bits per heavy atom. The van der Waals surface area contributed by atoms with Gasteiger partial charge in [-0.3, -0.25) is 4.79 Å². The van der Waals surface area contributed by atoms with Crippen molar-refractivity contribution in [2.45, 2.75) is 32.2 Å². The average molecular weight is 379 g/mol. The summed E-state index contributed by atoms with van der Waals surface area (Å²) in [5, 5.41) is 13.9. The zero-order chi connectivity index (χ0) is 16.7. The Hall–Kier alpha value is -1.41. The molecule has 2 rings (SSSR count).